The van der Waals surface area contributed by atoms with E-state index in [4.69, 9.17) is 0 Å². The molecule has 0 rings (SSSR count). The number of halogens is 2. The summed E-state index contributed by atoms with van der Waals surface area (Å²) >= 11 is -1.44. The van der Waals surface area contributed by atoms with Crippen LogP contribution in [-0.4, -0.2) is 28.6 Å². The van der Waals surface area contributed by atoms with Crippen molar-refractivity contribution in [2.75, 3.05) is 0 Å². The van der Waals surface area contributed by atoms with E-state index < -0.39 is 18.4 Å². The van der Waals surface area contributed by atoms with Gasteiger partial charge in [0.2, 0.25) is 0 Å². The molecule has 0 amide bonds. The van der Waals surface area contributed by atoms with Gasteiger partial charge in [0.05, 0.1) is 0 Å². The Balaban J connectivity index is -0.00000112. The van der Waals surface area contributed by atoms with Crippen LogP contribution in [0, 0.1) is 0 Å². The third-order valence-corrected chi connectivity index (χ3v) is 40.6. The average Bonchev–Trinajstić information content (AvgIpc) is 2.16. The minimum atomic E-state index is -1.44. The van der Waals surface area contributed by atoms with E-state index in [1.807, 2.05) is 0 Å². The number of hydrogen-bond donors (Lipinski definition) is 0. The van der Waals surface area contributed by atoms with Crippen molar-refractivity contribution in [2.45, 2.75) is 71.0 Å². The zero-order valence-corrected chi connectivity index (χ0v) is 22.8. The summed E-state index contributed by atoms with van der Waals surface area (Å²) in [6, 6.07) is 0. The van der Waals surface area contributed by atoms with E-state index >= 15 is 0 Å². The second-order valence-electron chi connectivity index (χ2n) is 6.83. The Labute approximate surface area is 142 Å². The zero-order chi connectivity index (χ0) is 13.2. The van der Waals surface area contributed by atoms with Gasteiger partial charge in [0.25, 0.3) is 0 Å². The predicted octanol–water partition coefficient (Wildman–Crippen LogP) is -3.27. The van der Waals surface area contributed by atoms with Gasteiger partial charge in [-0.15, -0.1) is 0 Å². The molecule has 112 valence electrons. The Hall–Kier alpha value is 1.97. The maximum atomic E-state index is 2.65. The van der Waals surface area contributed by atoms with Crippen molar-refractivity contribution in [2.24, 2.45) is 0 Å². The van der Waals surface area contributed by atoms with Gasteiger partial charge in [-0.3, -0.25) is 0 Å². The van der Waals surface area contributed by atoms with Crippen LogP contribution < -0.4 is 24.8 Å². The van der Waals surface area contributed by atoms with Crippen molar-refractivity contribution in [3.63, 3.8) is 0 Å². The van der Waals surface area contributed by atoms with Gasteiger partial charge < -0.3 is 24.8 Å². The fraction of sp³-hybridized carbons (Fsp3) is 1.00. The van der Waals surface area contributed by atoms with Crippen LogP contribution in [-0.2, 0) is 18.4 Å². The van der Waals surface area contributed by atoms with Crippen LogP contribution in [0.5, 0.6) is 0 Å². The molecular formula is C12H33Cl2Si3Ta. The minimum absolute atomic E-state index is 0. The first-order chi connectivity index (χ1) is 7.05. The Morgan fingerprint density at radius 2 is 0.722 bits per heavy atom. The van der Waals surface area contributed by atoms with Crippen molar-refractivity contribution in [3.8, 4) is 0 Å². The largest absolute Gasteiger partial charge is 1.00 e. The van der Waals surface area contributed by atoms with Crippen LogP contribution in [0.25, 0.3) is 0 Å². The Morgan fingerprint density at radius 1 is 0.556 bits per heavy atom. The maximum Gasteiger partial charge on any atom is -1.00 e. The molecule has 0 heterocycles. The van der Waals surface area contributed by atoms with Crippen molar-refractivity contribution in [1.82, 2.24) is 0 Å². The van der Waals surface area contributed by atoms with E-state index in [1.165, 1.54) is 0 Å². The Bertz CT molecular complexity index is 195. The van der Waals surface area contributed by atoms with Gasteiger partial charge in [-0.05, 0) is 0 Å². The summed E-state index contributed by atoms with van der Waals surface area (Å²) in [5, 5.41) is 0. The smallest absolute Gasteiger partial charge is 1.00 e. The molecule has 0 unspecified atom stereocenters. The molecule has 18 heavy (non-hydrogen) atoms. The molecule has 0 aromatic heterocycles. The van der Waals surface area contributed by atoms with Crippen LogP contribution in [0.3, 0.4) is 0 Å². The molecule has 0 aromatic rings. The topological polar surface area (TPSA) is 0 Å². The summed E-state index contributed by atoms with van der Waals surface area (Å²) in [5.74, 6) is 0. The second-order valence-corrected chi connectivity index (χ2v) is 36.4. The molecule has 0 aliphatic carbocycles. The van der Waals surface area contributed by atoms with Gasteiger partial charge in [-0.2, -0.15) is 0 Å². The molecule has 0 N–H and O–H groups in total. The summed E-state index contributed by atoms with van der Waals surface area (Å²) in [6.07, 6.45) is 0. The summed E-state index contributed by atoms with van der Waals surface area (Å²) in [7, 11) is 0.454. The molecule has 0 spiro atoms. The Kier molecular flexibility index (Phi) is 12.6. The molecule has 0 aliphatic heterocycles. The first kappa shape index (κ1) is 25.0. The molecule has 0 aliphatic rings. The molecule has 0 nitrogen and oxygen atoms in total. The summed E-state index contributed by atoms with van der Waals surface area (Å²) in [4.78, 5) is 0. The van der Waals surface area contributed by atoms with Gasteiger partial charge in [0.1, 0.15) is 0 Å². The maximum absolute atomic E-state index is 2.65. The fourth-order valence-electron chi connectivity index (χ4n) is 2.93. The third-order valence-electron chi connectivity index (χ3n) is 4.41. The van der Waals surface area contributed by atoms with E-state index in [2.05, 4.69) is 61.2 Å². The third kappa shape index (κ3) is 6.17. The molecular weight excluding hydrogens is 480 g/mol. The van der Waals surface area contributed by atoms with Gasteiger partial charge in [-0.25, -0.2) is 0 Å². The van der Waals surface area contributed by atoms with Crippen LogP contribution in [0.2, 0.25) is 29.4 Å². The van der Waals surface area contributed by atoms with Gasteiger partial charge in [-0.1, -0.05) is 0 Å². The number of hydrogen-bond acceptors (Lipinski definition) is 0. The molecule has 0 aromatic carbocycles. The van der Waals surface area contributed by atoms with E-state index in [1.54, 1.807) is 0 Å². The fourth-order valence-corrected chi connectivity index (χ4v) is 58.3. The quantitative estimate of drug-likeness (QED) is 0.327. The molecule has 0 bridgehead atoms. The standard InChI is InChI=1S/3C4H11Si.2ClH.Ta/c3*1-4(2)5-3;;;/h3*5H2,1-3H3;2*1H;/q;;;;;+2/p-2. The van der Waals surface area contributed by atoms with Crippen LogP contribution in [0.4, 0.5) is 0 Å². The molecule has 0 fully saturated rings. The minimum Gasteiger partial charge on any atom is -1.00 e. The van der Waals surface area contributed by atoms with E-state index in [9.17, 15) is 0 Å². The van der Waals surface area contributed by atoms with Gasteiger partial charge in [0, 0.05) is 0 Å². The van der Waals surface area contributed by atoms with Gasteiger partial charge in [0.15, 0.2) is 0 Å². The van der Waals surface area contributed by atoms with E-state index in [-0.39, 0.29) is 53.4 Å². The molecule has 6 heteroatoms. The zero-order valence-electron chi connectivity index (χ0n) is 13.8. The SMILES string of the molecule is C[SiH2][C](C)(C)[Ta+2]([C](C)(C)[SiH2]C)[C](C)(C)[SiH2]C.[Cl-].[Cl-]. The molecule has 0 atom stereocenters. The van der Waals surface area contributed by atoms with E-state index in [0.717, 1.165) is 9.77 Å². The van der Waals surface area contributed by atoms with Crippen LogP contribution >= 0.6 is 0 Å². The Morgan fingerprint density at radius 3 is 0.833 bits per heavy atom. The predicted molar refractivity (Wildman–Crippen MR) is 85.3 cm³/mol. The van der Waals surface area contributed by atoms with Crippen molar-refractivity contribution in [1.29, 1.82) is 0 Å². The van der Waals surface area contributed by atoms with Crippen molar-refractivity contribution >= 4 is 28.6 Å². The summed E-state index contributed by atoms with van der Waals surface area (Å²) in [5.41, 5.74) is 0. The molecule has 0 saturated heterocycles. The van der Waals surface area contributed by atoms with E-state index in [0.29, 0.717) is 0 Å². The van der Waals surface area contributed by atoms with Gasteiger partial charge >= 0.3 is 118 Å². The molecule has 0 radical (unpaired) electrons. The summed E-state index contributed by atoms with van der Waals surface area (Å²) in [6.45, 7) is 23.6. The average molecular weight is 514 g/mol. The van der Waals surface area contributed by atoms with Crippen LogP contribution in [0.1, 0.15) is 41.5 Å². The number of rotatable bonds is 6. The van der Waals surface area contributed by atoms with Crippen LogP contribution in [0.15, 0.2) is 0 Å². The monoisotopic (exact) mass is 512 g/mol. The second kappa shape index (κ2) is 9.08. The van der Waals surface area contributed by atoms with Crippen molar-refractivity contribution < 1.29 is 43.3 Å². The van der Waals surface area contributed by atoms with Crippen molar-refractivity contribution in [3.05, 3.63) is 0 Å². The normalized spacial score (nSPS) is 14.5. The molecule has 0 saturated carbocycles. The first-order valence-electron chi connectivity index (χ1n) is 6.85. The first-order valence-corrected chi connectivity index (χ1v) is 18.0. The summed E-state index contributed by atoms with van der Waals surface area (Å²) < 4.78 is 2.52.